The zero-order chi connectivity index (χ0) is 7.56. The molecular formula is C6H10N2O2. The maximum Gasteiger partial charge on any atom is 0.412 e. The lowest BCUT2D eigenvalue weighted by atomic mass is 10.4. The molecule has 1 aliphatic rings. The Balaban J connectivity index is 2.64. The van der Waals surface area contributed by atoms with Gasteiger partial charge in [0.25, 0.3) is 0 Å². The van der Waals surface area contributed by atoms with E-state index in [-0.39, 0.29) is 6.17 Å². The fourth-order valence-corrected chi connectivity index (χ4v) is 0.862. The molecule has 0 fully saturated rings. The first kappa shape index (κ1) is 7.08. The Morgan fingerprint density at radius 2 is 2.60 bits per heavy atom. The Morgan fingerprint density at radius 1 is 1.90 bits per heavy atom. The Hall–Kier alpha value is -1.03. The maximum absolute atomic E-state index is 10.4. The molecule has 4 heteroatoms. The van der Waals surface area contributed by atoms with Gasteiger partial charge >= 0.3 is 6.09 Å². The number of hydrogen-bond acceptors (Lipinski definition) is 2. The van der Waals surface area contributed by atoms with Crippen LogP contribution in [0, 0.1) is 0 Å². The molecule has 1 atom stereocenters. The van der Waals surface area contributed by atoms with Crippen LogP contribution in [0.2, 0.25) is 0 Å². The van der Waals surface area contributed by atoms with Crippen molar-refractivity contribution in [2.24, 2.45) is 0 Å². The average Bonchev–Trinajstić information content (AvgIpc) is 1.88. The second-order valence-electron chi connectivity index (χ2n) is 2.16. The maximum atomic E-state index is 10.4. The molecule has 0 radical (unpaired) electrons. The molecule has 1 aliphatic heterocycles. The first-order valence-electron chi connectivity index (χ1n) is 3.13. The molecule has 0 saturated heterocycles. The summed E-state index contributed by atoms with van der Waals surface area (Å²) in [7, 11) is 0. The molecule has 0 saturated carbocycles. The third-order valence-corrected chi connectivity index (χ3v) is 1.44. The van der Waals surface area contributed by atoms with Crippen molar-refractivity contribution >= 4 is 6.09 Å². The first-order valence-corrected chi connectivity index (χ1v) is 3.13. The molecule has 56 valence electrons. The third kappa shape index (κ3) is 1.27. The molecule has 1 heterocycles. The van der Waals surface area contributed by atoms with Crippen molar-refractivity contribution in [3.05, 3.63) is 12.3 Å². The summed E-state index contributed by atoms with van der Waals surface area (Å²) in [6.45, 7) is 2.54. The number of amides is 1. The van der Waals surface area contributed by atoms with Crippen molar-refractivity contribution in [2.75, 3.05) is 6.54 Å². The van der Waals surface area contributed by atoms with Crippen LogP contribution in [0.3, 0.4) is 0 Å². The zero-order valence-electron chi connectivity index (χ0n) is 5.74. The van der Waals surface area contributed by atoms with Crippen LogP contribution < -0.4 is 5.32 Å². The van der Waals surface area contributed by atoms with Gasteiger partial charge in [-0.15, -0.1) is 0 Å². The summed E-state index contributed by atoms with van der Waals surface area (Å²) in [5.74, 6) is 0. The lowest BCUT2D eigenvalue weighted by Crippen LogP contribution is -2.45. The van der Waals surface area contributed by atoms with E-state index in [0.29, 0.717) is 0 Å². The minimum atomic E-state index is -0.920. The summed E-state index contributed by atoms with van der Waals surface area (Å²) in [5, 5.41) is 11.5. The fraction of sp³-hybridized carbons (Fsp3) is 0.500. The van der Waals surface area contributed by atoms with E-state index >= 15 is 0 Å². The number of hydrogen-bond donors (Lipinski definition) is 2. The standard InChI is InChI=1S/C6H10N2O2/c1-5-7-3-2-4-8(5)6(9)10/h2,4-5,7H,3H2,1H3,(H,9,10). The molecule has 0 aromatic carbocycles. The predicted octanol–water partition coefficient (Wildman–Crippen LogP) is 0.429. The monoisotopic (exact) mass is 142 g/mol. The van der Waals surface area contributed by atoms with Gasteiger partial charge in [0, 0.05) is 12.7 Å². The highest BCUT2D eigenvalue weighted by molar-refractivity contribution is 5.66. The van der Waals surface area contributed by atoms with Gasteiger partial charge in [-0.1, -0.05) is 6.08 Å². The predicted molar refractivity (Wildman–Crippen MR) is 36.5 cm³/mol. The molecule has 1 rings (SSSR count). The normalized spacial score (nSPS) is 24.9. The van der Waals surface area contributed by atoms with E-state index in [4.69, 9.17) is 5.11 Å². The van der Waals surface area contributed by atoms with Crippen LogP contribution in [0.25, 0.3) is 0 Å². The van der Waals surface area contributed by atoms with Crippen LogP contribution >= 0.6 is 0 Å². The number of carboxylic acid groups (broad SMARTS) is 1. The van der Waals surface area contributed by atoms with Crippen molar-refractivity contribution in [3.8, 4) is 0 Å². The van der Waals surface area contributed by atoms with Crippen molar-refractivity contribution in [2.45, 2.75) is 13.1 Å². The second kappa shape index (κ2) is 2.70. The fourth-order valence-electron chi connectivity index (χ4n) is 0.862. The van der Waals surface area contributed by atoms with E-state index in [2.05, 4.69) is 5.32 Å². The number of rotatable bonds is 0. The molecule has 0 aliphatic carbocycles. The van der Waals surface area contributed by atoms with Gasteiger partial charge in [-0.2, -0.15) is 0 Å². The Kier molecular flexibility index (Phi) is 1.91. The van der Waals surface area contributed by atoms with Crippen LogP contribution in [0.15, 0.2) is 12.3 Å². The van der Waals surface area contributed by atoms with Gasteiger partial charge in [0.2, 0.25) is 0 Å². The van der Waals surface area contributed by atoms with E-state index in [1.165, 1.54) is 4.90 Å². The Morgan fingerprint density at radius 3 is 3.00 bits per heavy atom. The van der Waals surface area contributed by atoms with Crippen LogP contribution in [0.1, 0.15) is 6.92 Å². The summed E-state index contributed by atoms with van der Waals surface area (Å²) >= 11 is 0. The van der Waals surface area contributed by atoms with Crippen LogP contribution in [0.4, 0.5) is 4.79 Å². The van der Waals surface area contributed by atoms with Gasteiger partial charge in [0.05, 0.1) is 6.17 Å². The topological polar surface area (TPSA) is 52.6 Å². The summed E-state index contributed by atoms with van der Waals surface area (Å²) in [6.07, 6.45) is 2.32. The minimum absolute atomic E-state index is 0.109. The number of nitrogens with zero attached hydrogens (tertiary/aromatic N) is 1. The number of nitrogens with one attached hydrogen (secondary N) is 1. The van der Waals surface area contributed by atoms with E-state index in [9.17, 15) is 4.79 Å². The molecule has 0 aromatic heterocycles. The first-order chi connectivity index (χ1) is 4.72. The van der Waals surface area contributed by atoms with E-state index < -0.39 is 6.09 Å². The van der Waals surface area contributed by atoms with E-state index in [0.717, 1.165) is 6.54 Å². The van der Waals surface area contributed by atoms with Crippen LogP contribution in [-0.4, -0.2) is 28.8 Å². The summed E-state index contributed by atoms with van der Waals surface area (Å²) in [4.78, 5) is 11.6. The average molecular weight is 142 g/mol. The van der Waals surface area contributed by atoms with Gasteiger partial charge in [0.15, 0.2) is 0 Å². The van der Waals surface area contributed by atoms with E-state index in [1.54, 1.807) is 19.2 Å². The quantitative estimate of drug-likeness (QED) is 0.515. The molecule has 2 N–H and O–H groups in total. The van der Waals surface area contributed by atoms with Crippen LogP contribution in [-0.2, 0) is 0 Å². The van der Waals surface area contributed by atoms with Gasteiger partial charge in [-0.05, 0) is 6.92 Å². The largest absolute Gasteiger partial charge is 0.465 e. The second-order valence-corrected chi connectivity index (χ2v) is 2.16. The van der Waals surface area contributed by atoms with Gasteiger partial charge < -0.3 is 5.11 Å². The minimum Gasteiger partial charge on any atom is -0.465 e. The number of carbonyl (C=O) groups is 1. The highest BCUT2D eigenvalue weighted by Gasteiger charge is 2.17. The van der Waals surface area contributed by atoms with Crippen molar-refractivity contribution in [1.82, 2.24) is 10.2 Å². The van der Waals surface area contributed by atoms with Crippen molar-refractivity contribution < 1.29 is 9.90 Å². The summed E-state index contributed by atoms with van der Waals surface area (Å²) in [5.41, 5.74) is 0. The Bertz CT molecular complexity index is 167. The molecule has 10 heavy (non-hydrogen) atoms. The van der Waals surface area contributed by atoms with Gasteiger partial charge in [-0.3, -0.25) is 10.2 Å². The molecular weight excluding hydrogens is 132 g/mol. The SMILES string of the molecule is CC1NCC=CN1C(=O)O. The van der Waals surface area contributed by atoms with Gasteiger partial charge in [0.1, 0.15) is 0 Å². The van der Waals surface area contributed by atoms with Crippen molar-refractivity contribution in [3.63, 3.8) is 0 Å². The summed E-state index contributed by atoms with van der Waals surface area (Å²) in [6, 6.07) is 0. The highest BCUT2D eigenvalue weighted by atomic mass is 16.4. The van der Waals surface area contributed by atoms with Crippen LogP contribution in [0.5, 0.6) is 0 Å². The smallest absolute Gasteiger partial charge is 0.412 e. The molecule has 1 amide bonds. The summed E-state index contributed by atoms with van der Waals surface area (Å²) < 4.78 is 0. The third-order valence-electron chi connectivity index (χ3n) is 1.44. The zero-order valence-corrected chi connectivity index (χ0v) is 5.74. The molecule has 0 bridgehead atoms. The highest BCUT2D eigenvalue weighted by Crippen LogP contribution is 2.01. The molecule has 0 aromatic rings. The van der Waals surface area contributed by atoms with Gasteiger partial charge in [-0.25, -0.2) is 4.79 Å². The molecule has 4 nitrogen and oxygen atoms in total. The lowest BCUT2D eigenvalue weighted by Gasteiger charge is -2.26. The molecule has 1 unspecified atom stereocenters. The van der Waals surface area contributed by atoms with E-state index in [1.807, 2.05) is 0 Å². The lowest BCUT2D eigenvalue weighted by molar-refractivity contribution is 0.141. The van der Waals surface area contributed by atoms with Crippen molar-refractivity contribution in [1.29, 1.82) is 0 Å². The Labute approximate surface area is 59.1 Å². The molecule has 0 spiro atoms.